The van der Waals surface area contributed by atoms with Crippen molar-refractivity contribution in [1.82, 2.24) is 20.2 Å². The number of Topliss-reactive ketones (excluding diaryl/α,β-unsaturated/α-hetero) is 1. The van der Waals surface area contributed by atoms with Gasteiger partial charge in [0.05, 0.1) is 29.4 Å². The number of nitrogens with one attached hydrogen (secondary N) is 1. The third-order valence-electron chi connectivity index (χ3n) is 11.6. The van der Waals surface area contributed by atoms with Crippen molar-refractivity contribution in [3.8, 4) is 0 Å². The predicted molar refractivity (Wildman–Crippen MR) is 211 cm³/mol. The van der Waals surface area contributed by atoms with Gasteiger partial charge >= 0.3 is 18.0 Å². The summed E-state index contributed by atoms with van der Waals surface area (Å²) in [6.07, 6.45) is -1.77. The first-order chi connectivity index (χ1) is 26.1. The highest BCUT2D eigenvalue weighted by Gasteiger charge is 2.52. The smallest absolute Gasteiger partial charge is 0.422 e. The first-order valence-corrected chi connectivity index (χ1v) is 20.0. The maximum Gasteiger partial charge on any atom is 0.422 e. The minimum absolute atomic E-state index is 0.0233. The molecular formula is C42H68N4O10. The van der Waals surface area contributed by atoms with Gasteiger partial charge in [0.1, 0.15) is 17.6 Å². The first kappa shape index (κ1) is 45.6. The fourth-order valence-corrected chi connectivity index (χ4v) is 8.57. The van der Waals surface area contributed by atoms with Gasteiger partial charge in [-0.1, -0.05) is 32.0 Å². The van der Waals surface area contributed by atoms with Crippen LogP contribution in [0.15, 0.2) is 30.3 Å². The van der Waals surface area contributed by atoms with Crippen LogP contribution in [0.2, 0.25) is 0 Å². The summed E-state index contributed by atoms with van der Waals surface area (Å²) in [6, 6.07) is 8.32. The number of cyclic esters (lactones) is 1. The number of carbonyl (C=O) groups excluding carboxylic acids is 4. The van der Waals surface area contributed by atoms with Crippen LogP contribution in [0.25, 0.3) is 0 Å². The molecule has 1 aromatic carbocycles. The SMILES string of the molecule is CO[C@]1(C)C[C@@H](C)CN(C)[C@H]([C@H]2CCN(NC(=O)OC(C)(C)C)C2)COC(=O)C(C)(C)C(=O)[C@H](C)[C@H]1O[C@@H]1O[C@H](C)C[C@H](N(C)C)[C@H]1OC(=O)c1ccccc1. The number of benzene rings is 1. The van der Waals surface area contributed by atoms with E-state index in [0.29, 0.717) is 38.0 Å². The summed E-state index contributed by atoms with van der Waals surface area (Å²) in [6.45, 7) is 18.2. The molecule has 14 heteroatoms. The van der Waals surface area contributed by atoms with E-state index >= 15 is 0 Å². The quantitative estimate of drug-likeness (QED) is 0.216. The molecular weight excluding hydrogens is 720 g/mol. The van der Waals surface area contributed by atoms with E-state index in [9.17, 15) is 19.2 Å². The average molecular weight is 789 g/mol. The van der Waals surface area contributed by atoms with Crippen molar-refractivity contribution >= 4 is 23.8 Å². The van der Waals surface area contributed by atoms with Gasteiger partial charge in [-0.3, -0.25) is 19.9 Å². The second-order valence-electron chi connectivity index (χ2n) is 18.2. The zero-order chi connectivity index (χ0) is 41.7. The zero-order valence-corrected chi connectivity index (χ0v) is 36.0. The van der Waals surface area contributed by atoms with Crippen LogP contribution in [0.1, 0.15) is 91.9 Å². The molecule has 1 amide bonds. The molecule has 3 heterocycles. The summed E-state index contributed by atoms with van der Waals surface area (Å²) in [7, 11) is 7.47. The molecule has 0 bridgehead atoms. The van der Waals surface area contributed by atoms with Crippen LogP contribution in [0.3, 0.4) is 0 Å². The molecule has 56 heavy (non-hydrogen) atoms. The second kappa shape index (κ2) is 18.6. The summed E-state index contributed by atoms with van der Waals surface area (Å²) in [4.78, 5) is 58.8. The number of ether oxygens (including phenoxy) is 6. The number of esters is 2. The largest absolute Gasteiger partial charge is 0.463 e. The molecule has 14 nitrogen and oxygen atoms in total. The van der Waals surface area contributed by atoms with Crippen LogP contribution in [0, 0.1) is 23.2 Å². The van der Waals surface area contributed by atoms with Crippen LogP contribution >= 0.6 is 0 Å². The van der Waals surface area contributed by atoms with E-state index in [1.165, 1.54) is 0 Å². The van der Waals surface area contributed by atoms with E-state index in [-0.39, 0.29) is 42.4 Å². The van der Waals surface area contributed by atoms with E-state index in [2.05, 4.69) is 17.2 Å². The lowest BCUT2D eigenvalue weighted by molar-refractivity contribution is -0.295. The molecule has 3 aliphatic heterocycles. The number of hydrazine groups is 1. The monoisotopic (exact) mass is 788 g/mol. The highest BCUT2D eigenvalue weighted by molar-refractivity contribution is 6.04. The van der Waals surface area contributed by atoms with Crippen molar-refractivity contribution in [3.05, 3.63) is 35.9 Å². The van der Waals surface area contributed by atoms with Crippen LogP contribution < -0.4 is 5.43 Å². The summed E-state index contributed by atoms with van der Waals surface area (Å²) >= 11 is 0. The summed E-state index contributed by atoms with van der Waals surface area (Å²) < 4.78 is 37.4. The Kier molecular flexibility index (Phi) is 15.2. The fraction of sp³-hybridized carbons (Fsp3) is 0.762. The maximum absolute atomic E-state index is 14.6. The predicted octanol–water partition coefficient (Wildman–Crippen LogP) is 4.94. The number of ketones is 1. The standard InChI is InChI=1S/C42H68N4O10/c1-26-22-42(9,51-13)35(55-37-33(31(44(10)11)21-27(2)53-37)54-36(48)29-17-15-14-16-18-29)28(3)34(47)41(7,8)38(49)52-25-32(45(12)23-26)30-19-20-46(24-30)43-39(50)56-40(4,5)6/h14-18,26-28,30-33,35,37H,19-25H2,1-13H3,(H,43,50)/t26-,27-,28+,30+,31+,32+,33-,35-,37+,42-/m1/s1. The minimum atomic E-state index is -1.54. The van der Waals surface area contributed by atoms with Crippen molar-refractivity contribution in [2.75, 3.05) is 54.5 Å². The Balaban J connectivity index is 1.65. The van der Waals surface area contributed by atoms with Crippen LogP contribution in [-0.2, 0) is 38.0 Å². The summed E-state index contributed by atoms with van der Waals surface area (Å²) in [5.74, 6) is -2.31. The first-order valence-electron chi connectivity index (χ1n) is 20.0. The lowest BCUT2D eigenvalue weighted by Crippen LogP contribution is -2.60. The summed E-state index contributed by atoms with van der Waals surface area (Å²) in [5, 5.41) is 1.84. The van der Waals surface area contributed by atoms with Crippen molar-refractivity contribution in [2.24, 2.45) is 23.2 Å². The molecule has 1 N–H and O–H groups in total. The van der Waals surface area contributed by atoms with Crippen molar-refractivity contribution in [1.29, 1.82) is 0 Å². The maximum atomic E-state index is 14.6. The number of likely N-dealkylation sites (N-methyl/N-ethyl adjacent to an activating group) is 2. The van der Waals surface area contributed by atoms with Gasteiger partial charge in [0, 0.05) is 38.7 Å². The van der Waals surface area contributed by atoms with E-state index in [1.807, 2.05) is 71.7 Å². The van der Waals surface area contributed by atoms with Gasteiger partial charge in [0.2, 0.25) is 0 Å². The van der Waals surface area contributed by atoms with Gasteiger partial charge in [-0.15, -0.1) is 0 Å². The minimum Gasteiger partial charge on any atom is -0.463 e. The number of rotatable bonds is 8. The molecule has 0 spiro atoms. The molecule has 3 fully saturated rings. The molecule has 0 aromatic heterocycles. The van der Waals surface area contributed by atoms with Gasteiger partial charge in [-0.2, -0.15) is 0 Å². The van der Waals surface area contributed by atoms with Crippen LogP contribution in [-0.4, -0.2) is 141 Å². The fourth-order valence-electron chi connectivity index (χ4n) is 8.57. The Morgan fingerprint density at radius 2 is 1.68 bits per heavy atom. The van der Waals surface area contributed by atoms with Gasteiger partial charge in [-0.05, 0) is 113 Å². The Hall–Kier alpha value is -3.14. The molecule has 0 aliphatic carbocycles. The number of hydrogen-bond donors (Lipinski definition) is 1. The molecule has 0 radical (unpaired) electrons. The van der Waals surface area contributed by atoms with E-state index < -0.39 is 59.1 Å². The van der Waals surface area contributed by atoms with Gasteiger partial charge in [0.25, 0.3) is 0 Å². The van der Waals surface area contributed by atoms with Crippen LogP contribution in [0.4, 0.5) is 4.79 Å². The number of nitrogens with zero attached hydrogens (tertiary/aromatic N) is 3. The Bertz CT molecular complexity index is 1500. The van der Waals surface area contributed by atoms with Crippen molar-refractivity contribution in [2.45, 2.75) is 129 Å². The Labute approximate surface area is 334 Å². The van der Waals surface area contributed by atoms with Gasteiger partial charge < -0.3 is 33.3 Å². The number of carbonyl (C=O) groups is 4. The van der Waals surface area contributed by atoms with Crippen molar-refractivity contribution < 1.29 is 47.6 Å². The van der Waals surface area contributed by atoms with E-state index in [1.54, 1.807) is 52.1 Å². The van der Waals surface area contributed by atoms with Gasteiger partial charge in [0.15, 0.2) is 18.2 Å². The molecule has 3 aliphatic rings. The number of methoxy groups -OCH3 is 1. The van der Waals surface area contributed by atoms with Crippen molar-refractivity contribution in [3.63, 3.8) is 0 Å². The number of amides is 1. The molecule has 0 saturated carbocycles. The average Bonchev–Trinajstić information content (AvgIpc) is 3.56. The normalized spacial score (nSPS) is 34.1. The van der Waals surface area contributed by atoms with E-state index in [4.69, 9.17) is 28.4 Å². The zero-order valence-electron chi connectivity index (χ0n) is 36.0. The molecule has 316 valence electrons. The number of hydrogen-bond acceptors (Lipinski definition) is 13. The third-order valence-corrected chi connectivity index (χ3v) is 11.6. The molecule has 4 rings (SSSR count). The molecule has 3 saturated heterocycles. The summed E-state index contributed by atoms with van der Waals surface area (Å²) in [5.41, 5.74) is 0.0407. The lowest BCUT2D eigenvalue weighted by Gasteiger charge is -2.48. The highest BCUT2D eigenvalue weighted by Crippen LogP contribution is 2.39. The second-order valence-corrected chi connectivity index (χ2v) is 18.2. The highest BCUT2D eigenvalue weighted by atomic mass is 16.7. The molecule has 1 aromatic rings. The topological polar surface area (TPSA) is 145 Å². The Morgan fingerprint density at radius 1 is 1.02 bits per heavy atom. The van der Waals surface area contributed by atoms with Gasteiger partial charge in [-0.25, -0.2) is 14.6 Å². The lowest BCUT2D eigenvalue weighted by atomic mass is 9.74. The Morgan fingerprint density at radius 3 is 2.29 bits per heavy atom. The molecule has 10 atom stereocenters. The molecule has 0 unspecified atom stereocenters. The third kappa shape index (κ3) is 11.3. The van der Waals surface area contributed by atoms with E-state index in [0.717, 1.165) is 6.42 Å². The van der Waals surface area contributed by atoms with Crippen LogP contribution in [0.5, 0.6) is 0 Å².